The minimum Gasteiger partial charge on any atom is -0.374 e. The third-order valence-electron chi connectivity index (χ3n) is 4.32. The van der Waals surface area contributed by atoms with Gasteiger partial charge in [-0.25, -0.2) is 4.99 Å². The Labute approximate surface area is 127 Å². The number of carbonyl (C=O) groups is 1. The van der Waals surface area contributed by atoms with Crippen molar-refractivity contribution in [1.82, 2.24) is 9.78 Å². The summed E-state index contributed by atoms with van der Waals surface area (Å²) in [4.78, 5) is 19.2. The summed E-state index contributed by atoms with van der Waals surface area (Å²) in [5, 5.41) is 15.1. The van der Waals surface area contributed by atoms with Gasteiger partial charge in [-0.1, -0.05) is 11.6 Å². The first-order valence-corrected chi connectivity index (χ1v) is 7.22. The molecule has 3 heterocycles. The molecule has 6 heteroatoms. The van der Waals surface area contributed by atoms with Gasteiger partial charge in [0.15, 0.2) is 5.60 Å². The highest BCUT2D eigenvalue weighted by molar-refractivity contribution is 6.28. The standard InChI is InChI=1S/C16H16N4O2/c1-10-3-4-13-12(7-10)14(21)16(22)5-6-20(15(16)18-13)11-8-17-19(2)9-11/h3-4,7-9,22H,5-6H2,1-2H3/t16-/m1/s1. The van der Waals surface area contributed by atoms with Gasteiger partial charge in [-0.2, -0.15) is 5.10 Å². The molecule has 0 unspecified atom stereocenters. The van der Waals surface area contributed by atoms with Gasteiger partial charge < -0.3 is 10.0 Å². The van der Waals surface area contributed by atoms with Crippen molar-refractivity contribution in [1.29, 1.82) is 0 Å². The average molecular weight is 296 g/mol. The molecule has 1 aromatic carbocycles. The van der Waals surface area contributed by atoms with E-state index in [9.17, 15) is 9.90 Å². The molecule has 1 saturated heterocycles. The van der Waals surface area contributed by atoms with Crippen LogP contribution in [0.25, 0.3) is 0 Å². The van der Waals surface area contributed by atoms with Crippen LogP contribution in [0.1, 0.15) is 22.3 Å². The number of hydrogen-bond acceptors (Lipinski definition) is 5. The number of fused-ring (bicyclic) bond motifs is 2. The minimum absolute atomic E-state index is 0.261. The highest BCUT2D eigenvalue weighted by Crippen LogP contribution is 2.39. The molecule has 1 atom stereocenters. The lowest BCUT2D eigenvalue weighted by molar-refractivity contribution is 0.0602. The second-order valence-electron chi connectivity index (χ2n) is 5.92. The maximum atomic E-state index is 12.8. The zero-order valence-corrected chi connectivity index (χ0v) is 12.4. The van der Waals surface area contributed by atoms with E-state index in [-0.39, 0.29) is 5.78 Å². The number of rotatable bonds is 1. The SMILES string of the molecule is Cc1ccc2c(c1)C(=O)[C@]1(O)CCN(c3cnn(C)c3)C1=N2. The van der Waals surface area contributed by atoms with Gasteiger partial charge in [0.25, 0.3) is 0 Å². The maximum Gasteiger partial charge on any atom is 0.204 e. The fourth-order valence-electron chi connectivity index (χ4n) is 3.15. The molecule has 0 bridgehead atoms. The fraction of sp³-hybridized carbons (Fsp3) is 0.312. The Morgan fingerprint density at radius 3 is 2.91 bits per heavy atom. The Morgan fingerprint density at radius 1 is 1.36 bits per heavy atom. The number of carbonyl (C=O) groups excluding carboxylic acids is 1. The number of aliphatic imine (C=N–C) groups is 1. The lowest BCUT2D eigenvalue weighted by atomic mass is 9.87. The molecule has 6 nitrogen and oxygen atoms in total. The number of anilines is 1. The lowest BCUT2D eigenvalue weighted by Crippen LogP contribution is -2.48. The van der Waals surface area contributed by atoms with Crippen LogP contribution in [0.15, 0.2) is 35.6 Å². The molecule has 0 saturated carbocycles. The molecule has 0 spiro atoms. The quantitative estimate of drug-likeness (QED) is 0.867. The molecule has 1 aromatic heterocycles. The zero-order valence-electron chi connectivity index (χ0n) is 12.4. The van der Waals surface area contributed by atoms with Gasteiger partial charge in [0.1, 0.15) is 5.84 Å². The van der Waals surface area contributed by atoms with E-state index in [0.29, 0.717) is 30.1 Å². The first-order valence-electron chi connectivity index (χ1n) is 7.22. The number of Topliss-reactive ketones (excluding diaryl/α,β-unsaturated/α-hetero) is 1. The van der Waals surface area contributed by atoms with Crippen molar-refractivity contribution >= 4 is 23.0 Å². The third-order valence-corrected chi connectivity index (χ3v) is 4.32. The van der Waals surface area contributed by atoms with Crippen LogP contribution in [0.4, 0.5) is 11.4 Å². The van der Waals surface area contributed by atoms with Crippen molar-refractivity contribution in [3.8, 4) is 0 Å². The molecule has 112 valence electrons. The van der Waals surface area contributed by atoms with Crippen molar-refractivity contribution < 1.29 is 9.90 Å². The van der Waals surface area contributed by atoms with E-state index < -0.39 is 5.60 Å². The Balaban J connectivity index is 1.87. The maximum absolute atomic E-state index is 12.8. The van der Waals surface area contributed by atoms with Crippen molar-refractivity contribution in [2.24, 2.45) is 12.0 Å². The number of aliphatic hydroxyl groups is 1. The van der Waals surface area contributed by atoms with Gasteiger partial charge in [-0.05, 0) is 19.1 Å². The van der Waals surface area contributed by atoms with Gasteiger partial charge in [0.05, 0.1) is 17.6 Å². The highest BCUT2D eigenvalue weighted by atomic mass is 16.3. The number of aryl methyl sites for hydroxylation is 2. The average Bonchev–Trinajstić information content (AvgIpc) is 3.05. The molecule has 0 radical (unpaired) electrons. The van der Waals surface area contributed by atoms with Crippen LogP contribution in [0.2, 0.25) is 0 Å². The number of nitrogens with zero attached hydrogens (tertiary/aromatic N) is 4. The molecule has 4 rings (SSSR count). The number of hydrogen-bond donors (Lipinski definition) is 1. The first kappa shape index (κ1) is 13.2. The van der Waals surface area contributed by atoms with Crippen LogP contribution >= 0.6 is 0 Å². The molecule has 0 aliphatic carbocycles. The summed E-state index contributed by atoms with van der Waals surface area (Å²) in [6, 6.07) is 5.54. The second kappa shape index (κ2) is 4.27. The highest BCUT2D eigenvalue weighted by Gasteiger charge is 2.52. The first-order chi connectivity index (χ1) is 10.5. The number of benzene rings is 1. The Morgan fingerprint density at radius 2 is 2.18 bits per heavy atom. The van der Waals surface area contributed by atoms with Gasteiger partial charge >= 0.3 is 0 Å². The van der Waals surface area contributed by atoms with Gasteiger partial charge in [-0.3, -0.25) is 9.48 Å². The summed E-state index contributed by atoms with van der Waals surface area (Å²) in [5.74, 6) is 0.143. The summed E-state index contributed by atoms with van der Waals surface area (Å²) in [7, 11) is 1.83. The van der Waals surface area contributed by atoms with Crippen LogP contribution in [0.3, 0.4) is 0 Å². The van der Waals surface area contributed by atoms with Crippen LogP contribution in [0.5, 0.6) is 0 Å². The molecule has 0 amide bonds. The predicted molar refractivity (Wildman–Crippen MR) is 82.7 cm³/mol. The van der Waals surface area contributed by atoms with Crippen LogP contribution in [0, 0.1) is 6.92 Å². The minimum atomic E-state index is -1.53. The molecule has 1 fully saturated rings. The zero-order chi connectivity index (χ0) is 15.5. The molecule has 2 aliphatic heterocycles. The van der Waals surface area contributed by atoms with E-state index >= 15 is 0 Å². The van der Waals surface area contributed by atoms with Crippen molar-refractivity contribution in [2.45, 2.75) is 18.9 Å². The van der Waals surface area contributed by atoms with Crippen LogP contribution in [-0.4, -0.2) is 38.7 Å². The van der Waals surface area contributed by atoms with Crippen LogP contribution < -0.4 is 4.90 Å². The molecule has 22 heavy (non-hydrogen) atoms. The molecular weight excluding hydrogens is 280 g/mol. The summed E-state index contributed by atoms with van der Waals surface area (Å²) >= 11 is 0. The summed E-state index contributed by atoms with van der Waals surface area (Å²) < 4.78 is 1.69. The van der Waals surface area contributed by atoms with E-state index in [0.717, 1.165) is 11.3 Å². The third kappa shape index (κ3) is 1.67. The summed E-state index contributed by atoms with van der Waals surface area (Å²) in [5.41, 5.74) is 1.40. The Hall–Kier alpha value is -2.47. The topological polar surface area (TPSA) is 70.7 Å². The second-order valence-corrected chi connectivity index (χ2v) is 5.92. The van der Waals surface area contributed by atoms with Gasteiger partial charge in [-0.15, -0.1) is 0 Å². The molecule has 2 aromatic rings. The van der Waals surface area contributed by atoms with E-state index in [1.807, 2.05) is 37.2 Å². The van der Waals surface area contributed by atoms with Gasteiger partial charge in [0.2, 0.25) is 5.78 Å². The fourth-order valence-corrected chi connectivity index (χ4v) is 3.15. The Kier molecular flexibility index (Phi) is 2.56. The van der Waals surface area contributed by atoms with Crippen molar-refractivity contribution in [3.63, 3.8) is 0 Å². The molecule has 2 aliphatic rings. The Bertz CT molecular complexity index is 823. The van der Waals surface area contributed by atoms with E-state index in [1.54, 1.807) is 16.9 Å². The molecular formula is C16H16N4O2. The lowest BCUT2D eigenvalue weighted by Gasteiger charge is -2.29. The molecule has 1 N–H and O–H groups in total. The van der Waals surface area contributed by atoms with E-state index in [4.69, 9.17) is 0 Å². The van der Waals surface area contributed by atoms with E-state index in [2.05, 4.69) is 10.1 Å². The van der Waals surface area contributed by atoms with E-state index in [1.165, 1.54) is 0 Å². The smallest absolute Gasteiger partial charge is 0.204 e. The van der Waals surface area contributed by atoms with Crippen molar-refractivity contribution in [3.05, 3.63) is 41.7 Å². The predicted octanol–water partition coefficient (Wildman–Crippen LogP) is 1.60. The summed E-state index contributed by atoms with van der Waals surface area (Å²) in [6.07, 6.45) is 3.90. The summed E-state index contributed by atoms with van der Waals surface area (Å²) in [6.45, 7) is 2.47. The number of ketones is 1. The largest absolute Gasteiger partial charge is 0.374 e. The van der Waals surface area contributed by atoms with Crippen molar-refractivity contribution in [2.75, 3.05) is 11.4 Å². The number of amidine groups is 1. The van der Waals surface area contributed by atoms with Gasteiger partial charge in [0, 0.05) is 31.8 Å². The monoisotopic (exact) mass is 296 g/mol. The number of aromatic nitrogens is 2. The normalized spacial score (nSPS) is 23.3. The van der Waals surface area contributed by atoms with Crippen LogP contribution in [-0.2, 0) is 7.05 Å².